The summed E-state index contributed by atoms with van der Waals surface area (Å²) in [5.41, 5.74) is 2.12. The second-order valence-corrected chi connectivity index (χ2v) is 5.64. The summed E-state index contributed by atoms with van der Waals surface area (Å²) in [6.45, 7) is 7.50. The van der Waals surface area contributed by atoms with E-state index in [0.29, 0.717) is 28.5 Å². The topological polar surface area (TPSA) is 29.5 Å². The van der Waals surface area contributed by atoms with Crippen LogP contribution in [0.25, 0.3) is 0 Å². The summed E-state index contributed by atoms with van der Waals surface area (Å²) in [6.07, 6.45) is -0.789. The molecule has 0 amide bonds. The van der Waals surface area contributed by atoms with Gasteiger partial charge in [0.2, 0.25) is 0 Å². The van der Waals surface area contributed by atoms with Crippen molar-refractivity contribution in [1.29, 1.82) is 0 Å². The van der Waals surface area contributed by atoms with E-state index in [-0.39, 0.29) is 5.82 Å². The lowest BCUT2D eigenvalue weighted by Gasteiger charge is -2.15. The maximum Gasteiger partial charge on any atom is 0.133 e. The average Bonchev–Trinajstić information content (AvgIpc) is 2.42. The summed E-state index contributed by atoms with van der Waals surface area (Å²) in [5.74, 6) is 1.24. The molecule has 1 unspecified atom stereocenters. The molecule has 0 bridgehead atoms. The second-order valence-electron chi connectivity index (χ2n) is 5.64. The van der Waals surface area contributed by atoms with Gasteiger partial charge >= 0.3 is 0 Å². The van der Waals surface area contributed by atoms with Crippen LogP contribution in [-0.2, 0) is 0 Å². The highest BCUT2D eigenvalue weighted by Gasteiger charge is 2.14. The molecule has 112 valence electrons. The van der Waals surface area contributed by atoms with Gasteiger partial charge in [-0.2, -0.15) is 0 Å². The van der Waals surface area contributed by atoms with E-state index in [9.17, 15) is 9.50 Å². The van der Waals surface area contributed by atoms with E-state index in [0.717, 1.165) is 0 Å². The van der Waals surface area contributed by atoms with Crippen molar-refractivity contribution in [2.75, 3.05) is 0 Å². The standard InChI is InChI=1S/C18H21FO2/c1-11(2)14-6-5-7-15(9-14)21-18-8-12(3)17(19)10-16(18)13(4)20/h5-11,13,20H,1-4H3. The highest BCUT2D eigenvalue weighted by Crippen LogP contribution is 2.33. The van der Waals surface area contributed by atoms with Crippen LogP contribution in [0.4, 0.5) is 4.39 Å². The molecule has 1 N–H and O–H groups in total. The first-order valence-corrected chi connectivity index (χ1v) is 7.14. The Morgan fingerprint density at radius 3 is 2.43 bits per heavy atom. The summed E-state index contributed by atoms with van der Waals surface area (Å²) in [7, 11) is 0. The number of aliphatic hydroxyl groups is 1. The Morgan fingerprint density at radius 2 is 1.81 bits per heavy atom. The van der Waals surface area contributed by atoms with Gasteiger partial charge in [0.15, 0.2) is 0 Å². The highest BCUT2D eigenvalue weighted by molar-refractivity contribution is 5.43. The Balaban J connectivity index is 2.39. The van der Waals surface area contributed by atoms with Crippen molar-refractivity contribution in [3.05, 3.63) is 58.9 Å². The van der Waals surface area contributed by atoms with E-state index in [2.05, 4.69) is 13.8 Å². The van der Waals surface area contributed by atoms with Gasteiger partial charge in [0, 0.05) is 5.56 Å². The first-order chi connectivity index (χ1) is 9.88. The summed E-state index contributed by atoms with van der Waals surface area (Å²) in [4.78, 5) is 0. The molecule has 0 fully saturated rings. The monoisotopic (exact) mass is 288 g/mol. The van der Waals surface area contributed by atoms with Gasteiger partial charge < -0.3 is 9.84 Å². The van der Waals surface area contributed by atoms with Crippen LogP contribution >= 0.6 is 0 Å². The minimum absolute atomic E-state index is 0.339. The fraction of sp³-hybridized carbons (Fsp3) is 0.333. The minimum atomic E-state index is -0.789. The van der Waals surface area contributed by atoms with Gasteiger partial charge in [-0.1, -0.05) is 26.0 Å². The van der Waals surface area contributed by atoms with E-state index in [1.54, 1.807) is 19.9 Å². The van der Waals surface area contributed by atoms with Crippen molar-refractivity contribution < 1.29 is 14.2 Å². The zero-order chi connectivity index (χ0) is 15.6. The Labute approximate surface area is 125 Å². The number of hydrogen-bond acceptors (Lipinski definition) is 2. The van der Waals surface area contributed by atoms with E-state index >= 15 is 0 Å². The molecule has 1 atom stereocenters. The fourth-order valence-corrected chi connectivity index (χ4v) is 2.15. The third-order valence-corrected chi connectivity index (χ3v) is 3.49. The van der Waals surface area contributed by atoms with Gasteiger partial charge in [-0.15, -0.1) is 0 Å². The van der Waals surface area contributed by atoms with Crippen LogP contribution in [0.1, 0.15) is 49.5 Å². The van der Waals surface area contributed by atoms with Crippen molar-refractivity contribution in [3.8, 4) is 11.5 Å². The molecular weight excluding hydrogens is 267 g/mol. The zero-order valence-electron chi connectivity index (χ0n) is 12.9. The van der Waals surface area contributed by atoms with E-state index < -0.39 is 6.10 Å². The highest BCUT2D eigenvalue weighted by atomic mass is 19.1. The molecule has 0 aliphatic rings. The lowest BCUT2D eigenvalue weighted by molar-refractivity contribution is 0.195. The molecule has 0 saturated heterocycles. The van der Waals surface area contributed by atoms with Crippen LogP contribution in [0.3, 0.4) is 0 Å². The van der Waals surface area contributed by atoms with E-state index in [1.807, 2.05) is 24.3 Å². The molecule has 0 aromatic heterocycles. The molecule has 0 heterocycles. The average molecular weight is 288 g/mol. The number of ether oxygens (including phenoxy) is 1. The zero-order valence-corrected chi connectivity index (χ0v) is 12.9. The first kappa shape index (κ1) is 15.5. The fourth-order valence-electron chi connectivity index (χ4n) is 2.15. The largest absolute Gasteiger partial charge is 0.457 e. The molecule has 2 aromatic carbocycles. The molecule has 0 aliphatic carbocycles. The molecule has 0 spiro atoms. The third kappa shape index (κ3) is 3.61. The second kappa shape index (κ2) is 6.27. The minimum Gasteiger partial charge on any atom is -0.457 e. The molecule has 2 rings (SSSR count). The molecule has 0 saturated carbocycles. The lowest BCUT2D eigenvalue weighted by atomic mass is 10.0. The number of rotatable bonds is 4. The number of halogens is 1. The van der Waals surface area contributed by atoms with Crippen molar-refractivity contribution in [1.82, 2.24) is 0 Å². The number of benzene rings is 2. The van der Waals surface area contributed by atoms with Crippen LogP contribution < -0.4 is 4.74 Å². The van der Waals surface area contributed by atoms with Crippen molar-refractivity contribution in [3.63, 3.8) is 0 Å². The maximum absolute atomic E-state index is 13.7. The molecule has 2 aromatic rings. The Kier molecular flexibility index (Phi) is 4.63. The Hall–Kier alpha value is -1.87. The van der Waals surface area contributed by atoms with Gasteiger partial charge in [0.1, 0.15) is 17.3 Å². The Morgan fingerprint density at radius 1 is 1.10 bits per heavy atom. The third-order valence-electron chi connectivity index (χ3n) is 3.49. The van der Waals surface area contributed by atoms with Gasteiger partial charge in [-0.25, -0.2) is 4.39 Å². The van der Waals surface area contributed by atoms with Crippen molar-refractivity contribution in [2.45, 2.75) is 39.7 Å². The van der Waals surface area contributed by atoms with Crippen LogP contribution in [-0.4, -0.2) is 5.11 Å². The summed E-state index contributed by atoms with van der Waals surface area (Å²) in [6, 6.07) is 10.8. The quantitative estimate of drug-likeness (QED) is 0.847. The van der Waals surface area contributed by atoms with Crippen LogP contribution in [0.2, 0.25) is 0 Å². The molecule has 21 heavy (non-hydrogen) atoms. The SMILES string of the molecule is Cc1cc(Oc2cccc(C(C)C)c2)c(C(C)O)cc1F. The maximum atomic E-state index is 13.7. The first-order valence-electron chi connectivity index (χ1n) is 7.14. The van der Waals surface area contributed by atoms with Gasteiger partial charge in [-0.05, 0) is 55.2 Å². The van der Waals surface area contributed by atoms with Crippen LogP contribution in [0, 0.1) is 12.7 Å². The van der Waals surface area contributed by atoms with Crippen LogP contribution in [0.5, 0.6) is 11.5 Å². The molecule has 0 aliphatic heterocycles. The van der Waals surface area contributed by atoms with Crippen LogP contribution in [0.15, 0.2) is 36.4 Å². The predicted molar refractivity (Wildman–Crippen MR) is 82.4 cm³/mol. The van der Waals surface area contributed by atoms with Gasteiger partial charge in [-0.3, -0.25) is 0 Å². The number of aliphatic hydroxyl groups excluding tert-OH is 1. The van der Waals surface area contributed by atoms with E-state index in [1.165, 1.54) is 11.6 Å². The summed E-state index contributed by atoms with van der Waals surface area (Å²) >= 11 is 0. The summed E-state index contributed by atoms with van der Waals surface area (Å²) < 4.78 is 19.5. The summed E-state index contributed by atoms with van der Waals surface area (Å²) in [5, 5.41) is 9.79. The van der Waals surface area contributed by atoms with Crippen molar-refractivity contribution >= 4 is 0 Å². The number of hydrogen-bond donors (Lipinski definition) is 1. The normalized spacial score (nSPS) is 12.5. The van der Waals surface area contributed by atoms with Crippen molar-refractivity contribution in [2.24, 2.45) is 0 Å². The number of aryl methyl sites for hydroxylation is 1. The smallest absolute Gasteiger partial charge is 0.133 e. The predicted octanol–water partition coefficient (Wildman–Crippen LogP) is 5.10. The Bertz CT molecular complexity index is 633. The molecule has 2 nitrogen and oxygen atoms in total. The molecule has 3 heteroatoms. The van der Waals surface area contributed by atoms with Gasteiger partial charge in [0.25, 0.3) is 0 Å². The molecule has 0 radical (unpaired) electrons. The lowest BCUT2D eigenvalue weighted by Crippen LogP contribution is -1.99. The van der Waals surface area contributed by atoms with E-state index in [4.69, 9.17) is 4.74 Å². The molecular formula is C18H21FO2. The van der Waals surface area contributed by atoms with Gasteiger partial charge in [0.05, 0.1) is 6.10 Å².